The summed E-state index contributed by atoms with van der Waals surface area (Å²) in [6.07, 6.45) is 2.91. The van der Waals surface area contributed by atoms with Crippen LogP contribution in [0, 0.1) is 23.1 Å². The summed E-state index contributed by atoms with van der Waals surface area (Å²) < 4.78 is 21.5. The van der Waals surface area contributed by atoms with Crippen LogP contribution < -0.4 is 20.1 Å². The Hall–Kier alpha value is -3.83. The van der Waals surface area contributed by atoms with Crippen molar-refractivity contribution in [3.8, 4) is 5.88 Å². The largest absolute Gasteiger partial charge is 0.479 e. The maximum absolute atomic E-state index is 14.8. The normalized spacial score (nSPS) is 17.6. The van der Waals surface area contributed by atoms with Crippen LogP contribution in [0.1, 0.15) is 25.5 Å². The smallest absolute Gasteiger partial charge is 0.274 e. The number of ether oxygens (including phenoxy) is 1. The quantitative estimate of drug-likeness (QED) is 0.395. The van der Waals surface area contributed by atoms with Gasteiger partial charge in [-0.3, -0.25) is 19.9 Å². The Labute approximate surface area is 240 Å². The SMILES string of the molecule is COc1nc(N(C)C)ncc1N=C(C(C)C)C1C(=N)C(=O)N(c2cc(Cl)cn(C)c2=O)C1c1ccc(Cl)c(F)c1. The number of nitrogens with one attached hydrogen (secondary N) is 1. The van der Waals surface area contributed by atoms with Crippen molar-refractivity contribution in [1.82, 2.24) is 14.5 Å². The number of carbonyl (C=O) groups excluding carboxylic acids is 1. The monoisotopic (exact) mass is 587 g/mol. The molecule has 2 unspecified atom stereocenters. The van der Waals surface area contributed by atoms with E-state index in [0.717, 1.165) is 0 Å². The van der Waals surface area contributed by atoms with Gasteiger partial charge < -0.3 is 14.2 Å². The van der Waals surface area contributed by atoms with E-state index in [0.29, 0.717) is 17.2 Å². The summed E-state index contributed by atoms with van der Waals surface area (Å²) in [5.74, 6) is -2.11. The van der Waals surface area contributed by atoms with E-state index in [-0.39, 0.29) is 38.9 Å². The molecule has 0 radical (unpaired) electrons. The predicted octanol–water partition coefficient (Wildman–Crippen LogP) is 4.85. The van der Waals surface area contributed by atoms with Crippen LogP contribution in [0.2, 0.25) is 10.0 Å². The minimum atomic E-state index is -1.01. The lowest BCUT2D eigenvalue weighted by Crippen LogP contribution is -2.36. The predicted molar refractivity (Wildman–Crippen MR) is 154 cm³/mol. The van der Waals surface area contributed by atoms with E-state index in [4.69, 9.17) is 38.3 Å². The van der Waals surface area contributed by atoms with Crippen LogP contribution in [-0.2, 0) is 11.8 Å². The zero-order chi connectivity index (χ0) is 29.5. The molecule has 2 atom stereocenters. The Morgan fingerprint density at radius 1 is 1.23 bits per heavy atom. The topological polar surface area (TPSA) is 117 Å². The van der Waals surface area contributed by atoms with Crippen molar-refractivity contribution < 1.29 is 13.9 Å². The molecular formula is C27H28Cl2FN7O3. The lowest BCUT2D eigenvalue weighted by atomic mass is 9.83. The van der Waals surface area contributed by atoms with Crippen molar-refractivity contribution in [3.05, 3.63) is 68.4 Å². The maximum Gasteiger partial charge on any atom is 0.274 e. The van der Waals surface area contributed by atoms with Crippen molar-refractivity contribution in [2.45, 2.75) is 19.9 Å². The molecule has 3 aromatic rings. The summed E-state index contributed by atoms with van der Waals surface area (Å²) in [6.45, 7) is 3.72. The fourth-order valence-corrected chi connectivity index (χ4v) is 4.99. The van der Waals surface area contributed by atoms with E-state index >= 15 is 0 Å². The van der Waals surface area contributed by atoms with E-state index in [2.05, 4.69) is 9.97 Å². The Morgan fingerprint density at radius 2 is 1.93 bits per heavy atom. The first kappa shape index (κ1) is 29.2. The summed E-state index contributed by atoms with van der Waals surface area (Å²) in [6, 6.07) is 4.48. The fourth-order valence-electron chi connectivity index (χ4n) is 4.62. The first-order chi connectivity index (χ1) is 18.8. The molecule has 1 amide bonds. The highest BCUT2D eigenvalue weighted by Crippen LogP contribution is 2.43. The molecule has 1 N–H and O–H groups in total. The molecule has 10 nitrogen and oxygen atoms in total. The van der Waals surface area contributed by atoms with E-state index in [1.807, 2.05) is 13.8 Å². The summed E-state index contributed by atoms with van der Waals surface area (Å²) in [7, 11) is 6.52. The number of aliphatic imine (C=N–C) groups is 1. The molecule has 0 spiro atoms. The standard InChI is InChI=1S/C27H28Cl2FN7O3/c1-13(2)22(33-18-11-32-27(35(3)4)34-24(18)40-6)20-21(31)26(39)37(19-10-15(28)12-36(5)25(19)38)23(20)14-7-8-16(29)17(30)9-14/h7-13,20,23,31H,1-6H3. The molecule has 1 fully saturated rings. The summed E-state index contributed by atoms with van der Waals surface area (Å²) in [4.78, 5) is 43.3. The number of hydrogen-bond acceptors (Lipinski definition) is 8. The molecule has 1 aliphatic heterocycles. The van der Waals surface area contributed by atoms with Gasteiger partial charge in [-0.2, -0.15) is 4.98 Å². The molecule has 2 aromatic heterocycles. The van der Waals surface area contributed by atoms with Crippen LogP contribution in [-0.4, -0.2) is 53.1 Å². The summed E-state index contributed by atoms with van der Waals surface area (Å²) in [5, 5.41) is 9.02. The van der Waals surface area contributed by atoms with Gasteiger partial charge in [-0.05, 0) is 29.7 Å². The Kier molecular flexibility index (Phi) is 8.27. The van der Waals surface area contributed by atoms with E-state index in [9.17, 15) is 14.0 Å². The average molecular weight is 588 g/mol. The fraction of sp³-hybridized carbons (Fsp3) is 0.333. The zero-order valence-corrected chi connectivity index (χ0v) is 24.2. The van der Waals surface area contributed by atoms with Gasteiger partial charge in [-0.25, -0.2) is 14.4 Å². The van der Waals surface area contributed by atoms with Crippen LogP contribution in [0.3, 0.4) is 0 Å². The molecule has 0 bridgehead atoms. The van der Waals surface area contributed by atoms with Gasteiger partial charge in [-0.1, -0.05) is 43.1 Å². The van der Waals surface area contributed by atoms with Crippen molar-refractivity contribution >= 4 is 57.9 Å². The number of benzene rings is 1. The molecular weight excluding hydrogens is 560 g/mol. The molecule has 0 aliphatic carbocycles. The van der Waals surface area contributed by atoms with Crippen LogP contribution in [0.15, 0.2) is 46.4 Å². The van der Waals surface area contributed by atoms with Gasteiger partial charge in [0.15, 0.2) is 0 Å². The maximum atomic E-state index is 14.8. The number of carbonyl (C=O) groups is 1. The number of anilines is 2. The number of nitrogens with zero attached hydrogens (tertiary/aromatic N) is 6. The van der Waals surface area contributed by atoms with Gasteiger partial charge in [0.1, 0.15) is 22.9 Å². The third kappa shape index (κ3) is 5.31. The first-order valence-corrected chi connectivity index (χ1v) is 13.0. The van der Waals surface area contributed by atoms with Gasteiger partial charge in [0.2, 0.25) is 11.8 Å². The number of methoxy groups -OCH3 is 1. The lowest BCUT2D eigenvalue weighted by molar-refractivity contribution is -0.112. The van der Waals surface area contributed by atoms with Crippen LogP contribution in [0.5, 0.6) is 5.88 Å². The molecule has 210 valence electrons. The zero-order valence-electron chi connectivity index (χ0n) is 22.7. The number of aromatic nitrogens is 3. The molecule has 1 saturated heterocycles. The van der Waals surface area contributed by atoms with Crippen LogP contribution in [0.4, 0.5) is 21.7 Å². The first-order valence-electron chi connectivity index (χ1n) is 12.3. The molecule has 0 saturated carbocycles. The number of rotatable bonds is 7. The molecule has 13 heteroatoms. The minimum Gasteiger partial charge on any atom is -0.479 e. The molecule has 3 heterocycles. The van der Waals surface area contributed by atoms with E-state index < -0.39 is 29.2 Å². The van der Waals surface area contributed by atoms with Crippen LogP contribution >= 0.6 is 23.2 Å². The van der Waals surface area contributed by atoms with Gasteiger partial charge in [-0.15, -0.1) is 0 Å². The second-order valence-electron chi connectivity index (χ2n) is 9.79. The molecule has 1 aliphatic rings. The Balaban J connectivity index is 1.99. The second-order valence-corrected chi connectivity index (χ2v) is 10.6. The molecule has 40 heavy (non-hydrogen) atoms. The van der Waals surface area contributed by atoms with Crippen molar-refractivity contribution in [2.75, 3.05) is 31.0 Å². The third-order valence-corrected chi connectivity index (χ3v) is 7.02. The number of halogens is 3. The summed E-state index contributed by atoms with van der Waals surface area (Å²) >= 11 is 12.2. The van der Waals surface area contributed by atoms with Crippen molar-refractivity contribution in [3.63, 3.8) is 0 Å². The Morgan fingerprint density at radius 3 is 2.52 bits per heavy atom. The van der Waals surface area contributed by atoms with Gasteiger partial charge in [0.05, 0.1) is 35.3 Å². The minimum absolute atomic E-state index is 0.0491. The number of pyridine rings is 1. The Bertz CT molecular complexity index is 1590. The average Bonchev–Trinajstić information content (AvgIpc) is 3.15. The van der Waals surface area contributed by atoms with Gasteiger partial charge in [0.25, 0.3) is 11.5 Å². The summed E-state index contributed by atoms with van der Waals surface area (Å²) in [5.41, 5.74) is 0.147. The molecule has 4 rings (SSSR count). The third-order valence-electron chi connectivity index (χ3n) is 6.51. The lowest BCUT2D eigenvalue weighted by Gasteiger charge is -2.30. The number of amides is 1. The van der Waals surface area contributed by atoms with Crippen molar-refractivity contribution in [2.24, 2.45) is 23.9 Å². The second kappa shape index (κ2) is 11.3. The highest BCUT2D eigenvalue weighted by atomic mass is 35.5. The van der Waals surface area contributed by atoms with Gasteiger partial charge >= 0.3 is 0 Å². The van der Waals surface area contributed by atoms with Crippen LogP contribution in [0.25, 0.3) is 0 Å². The van der Waals surface area contributed by atoms with E-state index in [1.54, 1.807) is 25.1 Å². The highest BCUT2D eigenvalue weighted by molar-refractivity contribution is 6.49. The van der Waals surface area contributed by atoms with Crippen molar-refractivity contribution in [1.29, 1.82) is 5.41 Å². The van der Waals surface area contributed by atoms with E-state index in [1.165, 1.54) is 54.2 Å². The number of hydrogen-bond donors (Lipinski definition) is 1. The molecule has 1 aromatic carbocycles. The number of aryl methyl sites for hydroxylation is 1. The van der Waals surface area contributed by atoms with Gasteiger partial charge in [0, 0.05) is 33.1 Å². The highest BCUT2D eigenvalue weighted by Gasteiger charge is 2.50.